The van der Waals surface area contributed by atoms with Gasteiger partial charge in [-0.25, -0.2) is 4.39 Å². The fourth-order valence-electron chi connectivity index (χ4n) is 3.21. The van der Waals surface area contributed by atoms with Crippen LogP contribution in [0.2, 0.25) is 0 Å². The molecule has 1 aliphatic rings. The Labute approximate surface area is 140 Å². The van der Waals surface area contributed by atoms with Crippen LogP contribution in [0.1, 0.15) is 25.7 Å². The van der Waals surface area contributed by atoms with Crippen molar-refractivity contribution in [3.63, 3.8) is 0 Å². The third-order valence-electron chi connectivity index (χ3n) is 4.46. The lowest BCUT2D eigenvalue weighted by Crippen LogP contribution is -2.31. The molecule has 0 aliphatic carbocycles. The lowest BCUT2D eigenvalue weighted by atomic mass is 10.2. The maximum atomic E-state index is 13.3. The number of rotatable bonds is 5. The van der Waals surface area contributed by atoms with Crippen molar-refractivity contribution in [3.8, 4) is 6.07 Å². The molecule has 0 bridgehead atoms. The van der Waals surface area contributed by atoms with E-state index in [-0.39, 0.29) is 5.82 Å². The first-order chi connectivity index (χ1) is 11.3. The number of nitrogens with zero attached hydrogens (tertiary/aromatic N) is 3. The Hall–Kier alpha value is -1.64. The molecule has 0 atom stereocenters. The SMILES string of the molecule is N#CCCCCN1CCCN(c2csc3cc(F)ccc23)CC1. The van der Waals surface area contributed by atoms with Crippen molar-refractivity contribution < 1.29 is 4.39 Å². The van der Waals surface area contributed by atoms with E-state index in [9.17, 15) is 4.39 Å². The van der Waals surface area contributed by atoms with Gasteiger partial charge in [-0.1, -0.05) is 0 Å². The summed E-state index contributed by atoms with van der Waals surface area (Å²) in [7, 11) is 0. The van der Waals surface area contributed by atoms with Gasteiger partial charge in [0.2, 0.25) is 0 Å². The lowest BCUT2D eigenvalue weighted by Gasteiger charge is -2.23. The Morgan fingerprint density at radius 3 is 2.96 bits per heavy atom. The molecule has 2 heterocycles. The van der Waals surface area contributed by atoms with Crippen molar-refractivity contribution in [1.82, 2.24) is 4.90 Å². The Morgan fingerprint density at radius 1 is 1.17 bits per heavy atom. The van der Waals surface area contributed by atoms with Crippen LogP contribution < -0.4 is 4.90 Å². The summed E-state index contributed by atoms with van der Waals surface area (Å²) in [6, 6.07) is 7.30. The first kappa shape index (κ1) is 16.2. The molecule has 0 spiro atoms. The molecule has 5 heteroatoms. The number of hydrogen-bond acceptors (Lipinski definition) is 4. The quantitative estimate of drug-likeness (QED) is 0.768. The Kier molecular flexibility index (Phi) is 5.47. The molecule has 2 aromatic rings. The van der Waals surface area contributed by atoms with E-state index in [1.807, 2.05) is 6.07 Å². The molecule has 0 radical (unpaired) electrons. The highest BCUT2D eigenvalue weighted by atomic mass is 32.1. The van der Waals surface area contributed by atoms with Gasteiger partial charge in [0.1, 0.15) is 5.82 Å². The molecule has 1 saturated heterocycles. The van der Waals surface area contributed by atoms with Crippen molar-refractivity contribution >= 4 is 27.1 Å². The average Bonchev–Trinajstić information content (AvgIpc) is 2.82. The summed E-state index contributed by atoms with van der Waals surface area (Å²) in [6.45, 7) is 5.34. The standard InChI is InChI=1S/C18H22FN3S/c19-15-5-6-16-17(14-23-18(16)13-15)22-10-4-9-21(11-12-22)8-3-1-2-7-20/h5-6,13-14H,1-4,8-12H2. The van der Waals surface area contributed by atoms with E-state index in [0.717, 1.165) is 56.7 Å². The summed E-state index contributed by atoms with van der Waals surface area (Å²) in [4.78, 5) is 4.94. The molecular formula is C18H22FN3S. The normalized spacial score (nSPS) is 16.4. The second kappa shape index (κ2) is 7.76. The van der Waals surface area contributed by atoms with Gasteiger partial charge in [0.05, 0.1) is 11.8 Å². The fraction of sp³-hybridized carbons (Fsp3) is 0.500. The monoisotopic (exact) mass is 331 g/mol. The maximum Gasteiger partial charge on any atom is 0.124 e. The van der Waals surface area contributed by atoms with Crippen LogP contribution in [0.15, 0.2) is 23.6 Å². The summed E-state index contributed by atoms with van der Waals surface area (Å²) in [6.07, 6.45) is 3.92. The minimum Gasteiger partial charge on any atom is -0.369 e. The summed E-state index contributed by atoms with van der Waals surface area (Å²) in [5, 5.41) is 11.9. The molecule has 1 fully saturated rings. The van der Waals surface area contributed by atoms with E-state index in [1.54, 1.807) is 23.5 Å². The molecule has 0 unspecified atom stereocenters. The zero-order chi connectivity index (χ0) is 16.1. The number of thiophene rings is 1. The highest BCUT2D eigenvalue weighted by molar-refractivity contribution is 7.17. The van der Waals surface area contributed by atoms with Crippen LogP contribution in [-0.4, -0.2) is 37.6 Å². The van der Waals surface area contributed by atoms with Crippen molar-refractivity contribution in [2.24, 2.45) is 0 Å². The zero-order valence-electron chi connectivity index (χ0n) is 13.3. The predicted molar refractivity (Wildman–Crippen MR) is 94.5 cm³/mol. The van der Waals surface area contributed by atoms with Gasteiger partial charge in [-0.3, -0.25) is 0 Å². The molecule has 0 saturated carbocycles. The van der Waals surface area contributed by atoms with Crippen molar-refractivity contribution in [2.75, 3.05) is 37.6 Å². The smallest absolute Gasteiger partial charge is 0.124 e. The molecule has 122 valence electrons. The van der Waals surface area contributed by atoms with Crippen LogP contribution in [0.3, 0.4) is 0 Å². The van der Waals surface area contributed by atoms with Crippen LogP contribution in [0, 0.1) is 17.1 Å². The second-order valence-electron chi connectivity index (χ2n) is 6.06. The van der Waals surface area contributed by atoms with Crippen molar-refractivity contribution in [1.29, 1.82) is 5.26 Å². The first-order valence-electron chi connectivity index (χ1n) is 8.29. The van der Waals surface area contributed by atoms with Gasteiger partial charge in [0.15, 0.2) is 0 Å². The number of unbranched alkanes of at least 4 members (excludes halogenated alkanes) is 2. The number of nitriles is 1. The van der Waals surface area contributed by atoms with E-state index in [2.05, 4.69) is 21.2 Å². The van der Waals surface area contributed by atoms with E-state index in [4.69, 9.17) is 5.26 Å². The number of fused-ring (bicyclic) bond motifs is 1. The number of benzene rings is 1. The molecule has 23 heavy (non-hydrogen) atoms. The fourth-order valence-corrected chi connectivity index (χ4v) is 4.20. The highest BCUT2D eigenvalue weighted by Gasteiger charge is 2.17. The molecule has 0 amide bonds. The van der Waals surface area contributed by atoms with Gasteiger partial charge < -0.3 is 9.80 Å². The number of anilines is 1. The predicted octanol–water partition coefficient (Wildman–Crippen LogP) is 4.25. The molecular weight excluding hydrogens is 309 g/mol. The van der Waals surface area contributed by atoms with Crippen LogP contribution in [-0.2, 0) is 0 Å². The molecule has 1 aromatic carbocycles. The lowest BCUT2D eigenvalue weighted by molar-refractivity contribution is 0.287. The zero-order valence-corrected chi connectivity index (χ0v) is 14.1. The van der Waals surface area contributed by atoms with Gasteiger partial charge in [0, 0.05) is 41.5 Å². The molecule has 1 aromatic heterocycles. The third kappa shape index (κ3) is 4.01. The first-order valence-corrected chi connectivity index (χ1v) is 9.17. The largest absolute Gasteiger partial charge is 0.369 e. The second-order valence-corrected chi connectivity index (χ2v) is 6.97. The molecule has 1 aliphatic heterocycles. The molecule has 3 nitrogen and oxygen atoms in total. The minimum absolute atomic E-state index is 0.162. The van der Waals surface area contributed by atoms with Crippen LogP contribution in [0.25, 0.3) is 10.1 Å². The molecule has 0 N–H and O–H groups in total. The van der Waals surface area contributed by atoms with Gasteiger partial charge in [-0.15, -0.1) is 11.3 Å². The van der Waals surface area contributed by atoms with Gasteiger partial charge in [-0.05, 0) is 50.6 Å². The summed E-state index contributed by atoms with van der Waals surface area (Å²) in [5.41, 5.74) is 1.25. The summed E-state index contributed by atoms with van der Waals surface area (Å²) >= 11 is 1.62. The van der Waals surface area contributed by atoms with Gasteiger partial charge in [-0.2, -0.15) is 5.26 Å². The highest BCUT2D eigenvalue weighted by Crippen LogP contribution is 2.33. The van der Waals surface area contributed by atoms with E-state index < -0.39 is 0 Å². The molecule has 3 rings (SSSR count). The van der Waals surface area contributed by atoms with E-state index >= 15 is 0 Å². The number of halogens is 1. The van der Waals surface area contributed by atoms with Crippen LogP contribution >= 0.6 is 11.3 Å². The third-order valence-corrected chi connectivity index (χ3v) is 5.39. The Balaban J connectivity index is 1.62. The summed E-state index contributed by atoms with van der Waals surface area (Å²) < 4.78 is 14.4. The van der Waals surface area contributed by atoms with Gasteiger partial charge in [0.25, 0.3) is 0 Å². The van der Waals surface area contributed by atoms with Crippen LogP contribution in [0.4, 0.5) is 10.1 Å². The Morgan fingerprint density at radius 2 is 2.09 bits per heavy atom. The average molecular weight is 331 g/mol. The van der Waals surface area contributed by atoms with Crippen LogP contribution in [0.5, 0.6) is 0 Å². The summed E-state index contributed by atoms with van der Waals surface area (Å²) in [5.74, 6) is -0.162. The minimum atomic E-state index is -0.162. The van der Waals surface area contributed by atoms with Gasteiger partial charge >= 0.3 is 0 Å². The van der Waals surface area contributed by atoms with E-state index in [1.165, 1.54) is 11.1 Å². The van der Waals surface area contributed by atoms with Crippen molar-refractivity contribution in [3.05, 3.63) is 29.4 Å². The topological polar surface area (TPSA) is 30.3 Å². The number of hydrogen-bond donors (Lipinski definition) is 0. The van der Waals surface area contributed by atoms with Crippen molar-refractivity contribution in [2.45, 2.75) is 25.7 Å². The maximum absolute atomic E-state index is 13.3. The Bertz CT molecular complexity index is 691. The van der Waals surface area contributed by atoms with E-state index in [0.29, 0.717) is 6.42 Å².